The number of amides is 1. The molecule has 0 bridgehead atoms. The van der Waals surface area contributed by atoms with Crippen molar-refractivity contribution >= 4 is 21.8 Å². The van der Waals surface area contributed by atoms with E-state index in [0.717, 1.165) is 15.8 Å². The summed E-state index contributed by atoms with van der Waals surface area (Å²) in [5.74, 6) is -2.47. The maximum absolute atomic E-state index is 13.2. The third-order valence-corrected chi connectivity index (χ3v) is 4.25. The van der Waals surface area contributed by atoms with Crippen molar-refractivity contribution in [3.8, 4) is 5.75 Å². The number of alkyl halides is 2. The molecule has 4 nitrogen and oxygen atoms in total. The molecule has 2 aliphatic heterocycles. The van der Waals surface area contributed by atoms with Crippen molar-refractivity contribution in [3.05, 3.63) is 28.2 Å². The zero-order valence-electron chi connectivity index (χ0n) is 11.2. The SMILES string of the molecule is O=C(NC1CCOc2ccc(Br)cc21)C1CC(F)(F)CN1. The Labute approximate surface area is 129 Å². The second-order valence-corrected chi connectivity index (χ2v) is 6.29. The van der Waals surface area contributed by atoms with Gasteiger partial charge in [-0.1, -0.05) is 15.9 Å². The van der Waals surface area contributed by atoms with Crippen molar-refractivity contribution < 1.29 is 18.3 Å². The fraction of sp³-hybridized carbons (Fsp3) is 0.500. The lowest BCUT2D eigenvalue weighted by Crippen LogP contribution is -2.43. The van der Waals surface area contributed by atoms with Crippen molar-refractivity contribution in [1.82, 2.24) is 10.6 Å². The molecule has 3 rings (SSSR count). The van der Waals surface area contributed by atoms with E-state index in [9.17, 15) is 13.6 Å². The molecule has 7 heteroatoms. The monoisotopic (exact) mass is 360 g/mol. The minimum absolute atomic E-state index is 0.213. The summed E-state index contributed by atoms with van der Waals surface area (Å²) in [4.78, 5) is 12.1. The van der Waals surface area contributed by atoms with Gasteiger partial charge in [-0.15, -0.1) is 0 Å². The first-order valence-electron chi connectivity index (χ1n) is 6.78. The highest BCUT2D eigenvalue weighted by Gasteiger charge is 2.42. The molecule has 2 aliphatic rings. The van der Waals surface area contributed by atoms with E-state index >= 15 is 0 Å². The first kappa shape index (κ1) is 14.7. The van der Waals surface area contributed by atoms with Gasteiger partial charge in [-0.25, -0.2) is 8.78 Å². The molecule has 2 atom stereocenters. The molecule has 2 N–H and O–H groups in total. The van der Waals surface area contributed by atoms with Gasteiger partial charge in [0.1, 0.15) is 5.75 Å². The van der Waals surface area contributed by atoms with E-state index in [1.807, 2.05) is 18.2 Å². The van der Waals surface area contributed by atoms with Crippen molar-refractivity contribution in [2.45, 2.75) is 30.8 Å². The largest absolute Gasteiger partial charge is 0.493 e. The Hall–Kier alpha value is -1.21. The van der Waals surface area contributed by atoms with Gasteiger partial charge in [0.15, 0.2) is 0 Å². The highest BCUT2D eigenvalue weighted by atomic mass is 79.9. The van der Waals surface area contributed by atoms with E-state index in [1.54, 1.807) is 0 Å². The highest BCUT2D eigenvalue weighted by Crippen LogP contribution is 2.34. The molecular formula is C14H15BrF2N2O2. The van der Waals surface area contributed by atoms with E-state index in [1.165, 1.54) is 0 Å². The number of carbonyl (C=O) groups excluding carboxylic acids is 1. The molecule has 0 aromatic heterocycles. The van der Waals surface area contributed by atoms with Crippen molar-refractivity contribution in [1.29, 1.82) is 0 Å². The Balaban J connectivity index is 1.72. The Bertz CT molecular complexity index is 568. The number of fused-ring (bicyclic) bond motifs is 1. The molecule has 1 aromatic carbocycles. The number of rotatable bonds is 2. The minimum atomic E-state index is -2.81. The van der Waals surface area contributed by atoms with Gasteiger partial charge < -0.3 is 10.1 Å². The van der Waals surface area contributed by atoms with E-state index in [4.69, 9.17) is 4.74 Å². The van der Waals surface area contributed by atoms with Crippen LogP contribution in [-0.2, 0) is 4.79 Å². The number of hydrogen-bond donors (Lipinski definition) is 2. The number of benzene rings is 1. The van der Waals surface area contributed by atoms with Gasteiger partial charge in [0.05, 0.1) is 25.2 Å². The molecule has 114 valence electrons. The molecule has 1 saturated heterocycles. The van der Waals surface area contributed by atoms with Crippen LogP contribution in [0.3, 0.4) is 0 Å². The van der Waals surface area contributed by atoms with Gasteiger partial charge in [-0.05, 0) is 18.2 Å². The van der Waals surface area contributed by atoms with Crippen LogP contribution in [0.2, 0.25) is 0 Å². The molecule has 1 fully saturated rings. The summed E-state index contributed by atoms with van der Waals surface area (Å²) in [6, 6.07) is 4.53. The van der Waals surface area contributed by atoms with E-state index in [0.29, 0.717) is 13.0 Å². The molecular weight excluding hydrogens is 346 g/mol. The van der Waals surface area contributed by atoms with E-state index < -0.39 is 24.9 Å². The number of halogens is 3. The molecule has 2 unspecified atom stereocenters. The standard InChI is InChI=1S/C14H15BrF2N2O2/c15-8-1-2-12-9(5-8)10(3-4-21-12)19-13(20)11-6-14(16,17)7-18-11/h1-2,5,10-11,18H,3-4,6-7H2,(H,19,20). The summed E-state index contributed by atoms with van der Waals surface area (Å²) in [5.41, 5.74) is 0.869. The van der Waals surface area contributed by atoms with Crippen LogP contribution in [0.25, 0.3) is 0 Å². The van der Waals surface area contributed by atoms with Gasteiger partial charge in [0.25, 0.3) is 5.92 Å². The van der Waals surface area contributed by atoms with Crippen LogP contribution in [0.5, 0.6) is 5.75 Å². The predicted molar refractivity (Wildman–Crippen MR) is 76.5 cm³/mol. The minimum Gasteiger partial charge on any atom is -0.493 e. The molecule has 0 radical (unpaired) electrons. The zero-order valence-corrected chi connectivity index (χ0v) is 12.8. The smallest absolute Gasteiger partial charge is 0.262 e. The second-order valence-electron chi connectivity index (χ2n) is 5.37. The third-order valence-electron chi connectivity index (χ3n) is 3.75. The van der Waals surface area contributed by atoms with Gasteiger partial charge >= 0.3 is 0 Å². The molecule has 1 aromatic rings. The summed E-state index contributed by atoms with van der Waals surface area (Å²) in [7, 11) is 0. The molecule has 0 aliphatic carbocycles. The molecule has 0 spiro atoms. The lowest BCUT2D eigenvalue weighted by molar-refractivity contribution is -0.124. The number of nitrogens with one attached hydrogen (secondary N) is 2. The maximum atomic E-state index is 13.2. The molecule has 1 amide bonds. The van der Waals surface area contributed by atoms with Gasteiger partial charge in [0, 0.05) is 22.9 Å². The van der Waals surface area contributed by atoms with Crippen molar-refractivity contribution in [2.24, 2.45) is 0 Å². The summed E-state index contributed by atoms with van der Waals surface area (Å²) in [6.07, 6.45) is 0.172. The van der Waals surface area contributed by atoms with E-state index in [2.05, 4.69) is 26.6 Å². The highest BCUT2D eigenvalue weighted by molar-refractivity contribution is 9.10. The lowest BCUT2D eigenvalue weighted by Gasteiger charge is -2.27. The first-order valence-corrected chi connectivity index (χ1v) is 7.58. The van der Waals surface area contributed by atoms with Crippen LogP contribution < -0.4 is 15.4 Å². The van der Waals surface area contributed by atoms with Crippen LogP contribution in [0.4, 0.5) is 8.78 Å². The maximum Gasteiger partial charge on any atom is 0.262 e. The Kier molecular flexibility index (Phi) is 3.88. The zero-order chi connectivity index (χ0) is 15.0. The van der Waals surface area contributed by atoms with Crippen LogP contribution >= 0.6 is 15.9 Å². The molecule has 2 heterocycles. The summed E-state index contributed by atoms with van der Waals surface area (Å²) in [6.45, 7) is 0.0504. The van der Waals surface area contributed by atoms with Crippen LogP contribution in [0, 0.1) is 0 Å². The van der Waals surface area contributed by atoms with Gasteiger partial charge in [-0.2, -0.15) is 0 Å². The van der Waals surface area contributed by atoms with Crippen molar-refractivity contribution in [2.75, 3.05) is 13.2 Å². The Morgan fingerprint density at radius 2 is 2.29 bits per heavy atom. The average molecular weight is 361 g/mol. The summed E-state index contributed by atoms with van der Waals surface area (Å²) < 4.78 is 32.7. The fourth-order valence-corrected chi connectivity index (χ4v) is 3.07. The summed E-state index contributed by atoms with van der Waals surface area (Å²) in [5, 5.41) is 5.42. The van der Waals surface area contributed by atoms with Crippen LogP contribution in [0.1, 0.15) is 24.4 Å². The number of hydrogen-bond acceptors (Lipinski definition) is 3. The fourth-order valence-electron chi connectivity index (χ4n) is 2.69. The van der Waals surface area contributed by atoms with E-state index in [-0.39, 0.29) is 11.9 Å². The average Bonchev–Trinajstić information content (AvgIpc) is 2.80. The van der Waals surface area contributed by atoms with Gasteiger partial charge in [0.2, 0.25) is 5.91 Å². The van der Waals surface area contributed by atoms with Crippen LogP contribution in [0.15, 0.2) is 22.7 Å². The summed E-state index contributed by atoms with van der Waals surface area (Å²) >= 11 is 3.39. The van der Waals surface area contributed by atoms with Gasteiger partial charge in [-0.3, -0.25) is 10.1 Å². The van der Waals surface area contributed by atoms with Crippen LogP contribution in [-0.4, -0.2) is 31.0 Å². The normalized spacial score (nSPS) is 26.8. The molecule has 21 heavy (non-hydrogen) atoms. The second kappa shape index (κ2) is 5.53. The van der Waals surface area contributed by atoms with Crippen molar-refractivity contribution in [3.63, 3.8) is 0 Å². The topological polar surface area (TPSA) is 50.4 Å². The quantitative estimate of drug-likeness (QED) is 0.851. The third kappa shape index (κ3) is 3.18. The predicted octanol–water partition coefficient (Wildman–Crippen LogP) is 2.39. The first-order chi connectivity index (χ1) is 9.94. The number of carbonyl (C=O) groups is 1. The Morgan fingerprint density at radius 3 is 3.00 bits per heavy atom. The number of ether oxygens (including phenoxy) is 1. The lowest BCUT2D eigenvalue weighted by atomic mass is 10.00. The Morgan fingerprint density at radius 1 is 1.48 bits per heavy atom. The molecule has 0 saturated carbocycles.